The molecule has 1 heterocycles. The van der Waals surface area contributed by atoms with Gasteiger partial charge in [0.2, 0.25) is 0 Å². The van der Waals surface area contributed by atoms with E-state index in [0.29, 0.717) is 40.6 Å². The number of carbonyl (C=O) groups is 2. The van der Waals surface area contributed by atoms with Crippen molar-refractivity contribution in [2.24, 2.45) is 0 Å². The molecule has 0 atom stereocenters. The number of methoxy groups -OCH3 is 1. The Kier molecular flexibility index (Phi) is 5.76. The maximum Gasteiger partial charge on any atom is 0.354 e. The van der Waals surface area contributed by atoms with E-state index in [1.54, 1.807) is 17.6 Å². The topological polar surface area (TPSA) is 57.5 Å². The number of rotatable bonds is 6. The maximum absolute atomic E-state index is 13.7. The minimum atomic E-state index is -0.510. The molecule has 0 N–H and O–H groups in total. The zero-order chi connectivity index (χ0) is 17.0. The van der Waals surface area contributed by atoms with Crippen LogP contribution >= 0.6 is 15.9 Å². The fraction of sp³-hybridized carbons (Fsp3) is 0.375. The van der Waals surface area contributed by atoms with Crippen LogP contribution in [0.2, 0.25) is 0 Å². The Hall–Kier alpha value is -1.89. The molecule has 0 saturated carbocycles. The lowest BCUT2D eigenvalue weighted by Gasteiger charge is -2.09. The van der Waals surface area contributed by atoms with E-state index in [4.69, 9.17) is 9.47 Å². The van der Waals surface area contributed by atoms with Crippen LogP contribution in [0.3, 0.4) is 0 Å². The second-order valence-corrected chi connectivity index (χ2v) is 5.76. The number of aryl methyl sites for hydroxylation is 1. The Balaban J connectivity index is 2.35. The molecule has 0 aliphatic carbocycles. The summed E-state index contributed by atoms with van der Waals surface area (Å²) in [5, 5.41) is 0.711. The van der Waals surface area contributed by atoms with Crippen LogP contribution in [0.25, 0.3) is 10.9 Å². The summed E-state index contributed by atoms with van der Waals surface area (Å²) in [6.45, 7) is 2.45. The summed E-state index contributed by atoms with van der Waals surface area (Å²) >= 11 is 3.30. The van der Waals surface area contributed by atoms with Gasteiger partial charge in [-0.15, -0.1) is 0 Å². The van der Waals surface area contributed by atoms with E-state index in [2.05, 4.69) is 15.9 Å². The van der Waals surface area contributed by atoms with Crippen LogP contribution in [-0.4, -0.2) is 30.2 Å². The molecule has 2 rings (SSSR count). The molecule has 0 bridgehead atoms. The summed E-state index contributed by atoms with van der Waals surface area (Å²) < 4.78 is 25.6. The minimum Gasteiger partial charge on any atom is -0.466 e. The lowest BCUT2D eigenvalue weighted by molar-refractivity contribution is -0.143. The third-order valence-electron chi connectivity index (χ3n) is 3.40. The van der Waals surface area contributed by atoms with Gasteiger partial charge in [0.05, 0.1) is 19.2 Å². The zero-order valence-electron chi connectivity index (χ0n) is 12.9. The summed E-state index contributed by atoms with van der Waals surface area (Å²) in [5.41, 5.74) is 0.888. The third-order valence-corrected chi connectivity index (χ3v) is 4.05. The van der Waals surface area contributed by atoms with Crippen LogP contribution in [0.4, 0.5) is 4.39 Å². The molecule has 0 saturated heterocycles. The van der Waals surface area contributed by atoms with Gasteiger partial charge in [0, 0.05) is 22.8 Å². The fourth-order valence-electron chi connectivity index (χ4n) is 2.41. The van der Waals surface area contributed by atoms with Gasteiger partial charge >= 0.3 is 11.9 Å². The normalized spacial score (nSPS) is 10.8. The quantitative estimate of drug-likeness (QED) is 0.711. The smallest absolute Gasteiger partial charge is 0.354 e. The van der Waals surface area contributed by atoms with Crippen molar-refractivity contribution in [2.75, 3.05) is 13.7 Å². The molecular weight excluding hydrogens is 369 g/mol. The molecular formula is C16H17BrFNO4. The predicted molar refractivity (Wildman–Crippen MR) is 86.8 cm³/mol. The van der Waals surface area contributed by atoms with Crippen molar-refractivity contribution < 1.29 is 23.5 Å². The van der Waals surface area contributed by atoms with Crippen molar-refractivity contribution in [3.63, 3.8) is 0 Å². The van der Waals surface area contributed by atoms with Crippen LogP contribution in [0.5, 0.6) is 0 Å². The van der Waals surface area contributed by atoms with Gasteiger partial charge < -0.3 is 14.0 Å². The number of fused-ring (bicyclic) bond motifs is 1. The highest BCUT2D eigenvalue weighted by Crippen LogP contribution is 2.29. The SMILES string of the molecule is CCOC(=O)CCCn1c(C(=O)OC)cc2c(Br)cc(F)cc21. The van der Waals surface area contributed by atoms with Gasteiger partial charge in [-0.3, -0.25) is 4.79 Å². The Morgan fingerprint density at radius 3 is 2.70 bits per heavy atom. The monoisotopic (exact) mass is 385 g/mol. The molecule has 1 aromatic carbocycles. The molecule has 2 aromatic rings. The highest BCUT2D eigenvalue weighted by Gasteiger charge is 2.18. The number of aromatic nitrogens is 1. The molecule has 0 radical (unpaired) electrons. The number of carbonyl (C=O) groups excluding carboxylic acids is 2. The average molecular weight is 386 g/mol. The maximum atomic E-state index is 13.7. The predicted octanol–water partition coefficient (Wildman–Crippen LogP) is 3.67. The van der Waals surface area contributed by atoms with Gasteiger partial charge in [0.25, 0.3) is 0 Å². The molecule has 0 aliphatic rings. The van der Waals surface area contributed by atoms with Gasteiger partial charge in [0.15, 0.2) is 0 Å². The lowest BCUT2D eigenvalue weighted by Crippen LogP contribution is -2.12. The van der Waals surface area contributed by atoms with Crippen LogP contribution in [0, 0.1) is 5.82 Å². The second-order valence-electron chi connectivity index (χ2n) is 4.90. The molecule has 124 valence electrons. The second kappa shape index (κ2) is 7.59. The van der Waals surface area contributed by atoms with Crippen molar-refractivity contribution in [3.05, 3.63) is 34.2 Å². The van der Waals surface area contributed by atoms with E-state index in [-0.39, 0.29) is 12.4 Å². The first-order valence-electron chi connectivity index (χ1n) is 7.20. The van der Waals surface area contributed by atoms with Gasteiger partial charge in [-0.25, -0.2) is 9.18 Å². The molecule has 5 nitrogen and oxygen atoms in total. The van der Waals surface area contributed by atoms with Gasteiger partial charge in [-0.05, 0) is 47.5 Å². The van der Waals surface area contributed by atoms with Crippen LogP contribution in [0.1, 0.15) is 30.3 Å². The first kappa shape index (κ1) is 17.5. The summed E-state index contributed by atoms with van der Waals surface area (Å²) in [5.74, 6) is -1.22. The van der Waals surface area contributed by atoms with E-state index in [9.17, 15) is 14.0 Å². The van der Waals surface area contributed by atoms with Crippen LogP contribution < -0.4 is 0 Å². The van der Waals surface area contributed by atoms with Crippen molar-refractivity contribution >= 4 is 38.8 Å². The lowest BCUT2D eigenvalue weighted by atomic mass is 10.2. The summed E-state index contributed by atoms with van der Waals surface area (Å²) in [6.07, 6.45) is 0.700. The Bertz CT molecular complexity index is 741. The highest BCUT2D eigenvalue weighted by atomic mass is 79.9. The summed E-state index contributed by atoms with van der Waals surface area (Å²) in [6, 6.07) is 4.35. The molecule has 1 aromatic heterocycles. The Morgan fingerprint density at radius 1 is 1.30 bits per heavy atom. The van der Waals surface area contributed by atoms with Crippen molar-refractivity contribution in [3.8, 4) is 0 Å². The number of benzene rings is 1. The van der Waals surface area contributed by atoms with Crippen molar-refractivity contribution in [1.82, 2.24) is 4.57 Å². The minimum absolute atomic E-state index is 0.227. The number of ether oxygens (including phenoxy) is 2. The van der Waals surface area contributed by atoms with E-state index in [1.807, 2.05) is 0 Å². The number of hydrogen-bond donors (Lipinski definition) is 0. The Labute approximate surface area is 141 Å². The summed E-state index contributed by atoms with van der Waals surface area (Å²) in [4.78, 5) is 23.4. The van der Waals surface area contributed by atoms with Gasteiger partial charge in [-0.1, -0.05) is 0 Å². The highest BCUT2D eigenvalue weighted by molar-refractivity contribution is 9.10. The molecule has 0 amide bonds. The van der Waals surface area contributed by atoms with Crippen LogP contribution in [0.15, 0.2) is 22.7 Å². The molecule has 0 unspecified atom stereocenters. The zero-order valence-corrected chi connectivity index (χ0v) is 14.5. The number of nitrogens with zero attached hydrogens (tertiary/aromatic N) is 1. The number of hydrogen-bond acceptors (Lipinski definition) is 4. The summed E-state index contributed by atoms with van der Waals surface area (Å²) in [7, 11) is 1.29. The fourth-order valence-corrected chi connectivity index (χ4v) is 2.95. The standard InChI is InChI=1S/C16H17BrFNO4/c1-3-23-15(20)5-4-6-19-13-8-10(18)7-12(17)11(13)9-14(19)16(21)22-2/h7-9H,3-6H2,1-2H3. The van der Waals surface area contributed by atoms with E-state index in [1.165, 1.54) is 19.2 Å². The van der Waals surface area contributed by atoms with E-state index in [0.717, 1.165) is 0 Å². The molecule has 0 spiro atoms. The van der Waals surface area contributed by atoms with Crippen molar-refractivity contribution in [1.29, 1.82) is 0 Å². The first-order chi connectivity index (χ1) is 11.0. The molecule has 23 heavy (non-hydrogen) atoms. The largest absolute Gasteiger partial charge is 0.466 e. The molecule has 0 fully saturated rings. The van der Waals surface area contributed by atoms with E-state index >= 15 is 0 Å². The third kappa shape index (κ3) is 3.90. The average Bonchev–Trinajstić information content (AvgIpc) is 2.86. The first-order valence-corrected chi connectivity index (χ1v) is 7.99. The molecule has 7 heteroatoms. The van der Waals surface area contributed by atoms with Gasteiger partial charge in [-0.2, -0.15) is 0 Å². The van der Waals surface area contributed by atoms with E-state index < -0.39 is 11.8 Å². The van der Waals surface area contributed by atoms with Crippen LogP contribution in [-0.2, 0) is 20.8 Å². The Morgan fingerprint density at radius 2 is 2.04 bits per heavy atom. The van der Waals surface area contributed by atoms with Crippen molar-refractivity contribution in [2.45, 2.75) is 26.3 Å². The number of halogens is 2. The molecule has 0 aliphatic heterocycles. The number of esters is 2. The van der Waals surface area contributed by atoms with Gasteiger partial charge in [0.1, 0.15) is 11.5 Å².